The SMILES string of the molecule is CN1CCN(CCCNc2ncnc3onc(-c4ccc(F)cc4)c23)CC1. The largest absolute Gasteiger partial charge is 0.369 e. The molecule has 1 saturated heterocycles. The van der Waals surface area contributed by atoms with Crippen LogP contribution in [0.3, 0.4) is 0 Å². The van der Waals surface area contributed by atoms with Gasteiger partial charge in [0.05, 0.1) is 0 Å². The highest BCUT2D eigenvalue weighted by molar-refractivity contribution is 5.97. The molecule has 27 heavy (non-hydrogen) atoms. The Hall–Kier alpha value is -2.58. The van der Waals surface area contributed by atoms with Crippen molar-refractivity contribution in [2.75, 3.05) is 51.6 Å². The van der Waals surface area contributed by atoms with E-state index in [1.54, 1.807) is 12.1 Å². The van der Waals surface area contributed by atoms with Crippen LogP contribution in [0.25, 0.3) is 22.4 Å². The maximum absolute atomic E-state index is 13.2. The minimum absolute atomic E-state index is 0.287. The van der Waals surface area contributed by atoms with Crippen LogP contribution in [0.15, 0.2) is 35.1 Å². The van der Waals surface area contributed by atoms with Gasteiger partial charge in [0.1, 0.15) is 29.0 Å². The molecule has 0 aliphatic carbocycles. The molecule has 1 aromatic carbocycles. The van der Waals surface area contributed by atoms with Crippen molar-refractivity contribution in [2.24, 2.45) is 0 Å². The van der Waals surface area contributed by atoms with Crippen molar-refractivity contribution in [1.29, 1.82) is 0 Å². The van der Waals surface area contributed by atoms with E-state index in [-0.39, 0.29) is 5.82 Å². The topological polar surface area (TPSA) is 70.3 Å². The van der Waals surface area contributed by atoms with Gasteiger partial charge >= 0.3 is 0 Å². The Labute approximate surface area is 157 Å². The monoisotopic (exact) mass is 370 g/mol. The zero-order valence-electron chi connectivity index (χ0n) is 15.4. The van der Waals surface area contributed by atoms with E-state index in [4.69, 9.17) is 4.52 Å². The van der Waals surface area contributed by atoms with E-state index < -0.39 is 0 Å². The number of fused-ring (bicyclic) bond motifs is 1. The van der Waals surface area contributed by atoms with Gasteiger partial charge < -0.3 is 19.6 Å². The molecule has 1 aliphatic heterocycles. The number of halogens is 1. The van der Waals surface area contributed by atoms with Crippen LogP contribution < -0.4 is 5.32 Å². The molecule has 142 valence electrons. The fraction of sp³-hybridized carbons (Fsp3) is 0.421. The van der Waals surface area contributed by atoms with Crippen LogP contribution in [-0.2, 0) is 0 Å². The Bertz CT molecular complexity index is 889. The molecule has 4 rings (SSSR count). The van der Waals surface area contributed by atoms with Crippen molar-refractivity contribution in [2.45, 2.75) is 6.42 Å². The fourth-order valence-corrected chi connectivity index (χ4v) is 3.31. The number of hydrogen-bond donors (Lipinski definition) is 1. The number of piperazine rings is 1. The van der Waals surface area contributed by atoms with Crippen LogP contribution in [-0.4, -0.2) is 71.2 Å². The van der Waals surface area contributed by atoms with Gasteiger partial charge in [-0.25, -0.2) is 9.37 Å². The molecule has 8 heteroatoms. The third-order valence-corrected chi connectivity index (χ3v) is 4.93. The standard InChI is InChI=1S/C19H23FN6O/c1-25-9-11-26(12-10-25)8-2-7-21-18-16-17(14-3-5-15(20)6-4-14)24-27-19(16)23-13-22-18/h3-6,13H,2,7-12H2,1H3,(H,21,22,23). The summed E-state index contributed by atoms with van der Waals surface area (Å²) in [7, 11) is 2.16. The Balaban J connectivity index is 1.44. The van der Waals surface area contributed by atoms with E-state index in [1.165, 1.54) is 18.5 Å². The number of benzene rings is 1. The van der Waals surface area contributed by atoms with Crippen LogP contribution in [0.4, 0.5) is 10.2 Å². The second-order valence-electron chi connectivity index (χ2n) is 6.87. The number of nitrogens with zero attached hydrogens (tertiary/aromatic N) is 5. The maximum Gasteiger partial charge on any atom is 0.263 e. The first-order valence-electron chi connectivity index (χ1n) is 9.22. The van der Waals surface area contributed by atoms with Gasteiger partial charge in [-0.3, -0.25) is 0 Å². The van der Waals surface area contributed by atoms with Crippen molar-refractivity contribution in [3.63, 3.8) is 0 Å². The number of hydrogen-bond acceptors (Lipinski definition) is 7. The zero-order valence-corrected chi connectivity index (χ0v) is 15.4. The first-order valence-corrected chi connectivity index (χ1v) is 9.22. The van der Waals surface area contributed by atoms with Gasteiger partial charge in [-0.15, -0.1) is 0 Å². The second kappa shape index (κ2) is 7.98. The van der Waals surface area contributed by atoms with E-state index in [0.717, 1.165) is 56.6 Å². The predicted molar refractivity (Wildman–Crippen MR) is 102 cm³/mol. The number of likely N-dealkylation sites (N-methyl/N-ethyl adjacent to an activating group) is 1. The highest BCUT2D eigenvalue weighted by Crippen LogP contribution is 2.31. The third-order valence-electron chi connectivity index (χ3n) is 4.93. The van der Waals surface area contributed by atoms with E-state index in [2.05, 4.69) is 37.3 Å². The number of aromatic nitrogens is 3. The molecule has 3 heterocycles. The van der Waals surface area contributed by atoms with Crippen LogP contribution in [0.2, 0.25) is 0 Å². The minimum atomic E-state index is -0.287. The molecule has 7 nitrogen and oxygen atoms in total. The molecule has 2 aromatic heterocycles. The highest BCUT2D eigenvalue weighted by atomic mass is 19.1. The third kappa shape index (κ3) is 4.06. The van der Waals surface area contributed by atoms with Crippen molar-refractivity contribution < 1.29 is 8.91 Å². The summed E-state index contributed by atoms with van der Waals surface area (Å²) in [4.78, 5) is 13.4. The van der Waals surface area contributed by atoms with Gasteiger partial charge in [-0.2, -0.15) is 4.98 Å². The van der Waals surface area contributed by atoms with Crippen molar-refractivity contribution >= 4 is 16.9 Å². The Morgan fingerprint density at radius 1 is 1.11 bits per heavy atom. The van der Waals surface area contributed by atoms with Gasteiger partial charge in [-0.1, -0.05) is 5.16 Å². The second-order valence-corrected chi connectivity index (χ2v) is 6.87. The van der Waals surface area contributed by atoms with Crippen LogP contribution in [0.1, 0.15) is 6.42 Å². The number of nitrogens with one attached hydrogen (secondary N) is 1. The lowest BCUT2D eigenvalue weighted by molar-refractivity contribution is 0.154. The maximum atomic E-state index is 13.2. The molecule has 0 radical (unpaired) electrons. The fourth-order valence-electron chi connectivity index (χ4n) is 3.31. The summed E-state index contributed by atoms with van der Waals surface area (Å²) >= 11 is 0. The van der Waals surface area contributed by atoms with Crippen molar-refractivity contribution in [1.82, 2.24) is 24.9 Å². The van der Waals surface area contributed by atoms with Crippen molar-refractivity contribution in [3.05, 3.63) is 36.4 Å². The molecule has 0 bridgehead atoms. The lowest BCUT2D eigenvalue weighted by Gasteiger charge is -2.32. The Morgan fingerprint density at radius 2 is 1.89 bits per heavy atom. The molecule has 1 N–H and O–H groups in total. The molecule has 0 amide bonds. The summed E-state index contributed by atoms with van der Waals surface area (Å²) < 4.78 is 18.6. The van der Waals surface area contributed by atoms with Crippen LogP contribution in [0, 0.1) is 5.82 Å². The van der Waals surface area contributed by atoms with Gasteiger partial charge in [-0.05, 0) is 44.3 Å². The Kier molecular flexibility index (Phi) is 5.26. The number of anilines is 1. The van der Waals surface area contributed by atoms with Gasteiger partial charge in [0.15, 0.2) is 0 Å². The normalized spacial score (nSPS) is 16.1. The van der Waals surface area contributed by atoms with Gasteiger partial charge in [0.2, 0.25) is 0 Å². The minimum Gasteiger partial charge on any atom is -0.369 e. The molecule has 1 fully saturated rings. The van der Waals surface area contributed by atoms with Crippen LogP contribution in [0.5, 0.6) is 0 Å². The van der Waals surface area contributed by atoms with E-state index in [0.29, 0.717) is 17.2 Å². The summed E-state index contributed by atoms with van der Waals surface area (Å²) in [5.74, 6) is 0.406. The molecule has 0 atom stereocenters. The Morgan fingerprint density at radius 3 is 2.67 bits per heavy atom. The average Bonchev–Trinajstić information content (AvgIpc) is 3.12. The smallest absolute Gasteiger partial charge is 0.263 e. The molecule has 0 unspecified atom stereocenters. The highest BCUT2D eigenvalue weighted by Gasteiger charge is 2.17. The summed E-state index contributed by atoms with van der Waals surface area (Å²) in [6.07, 6.45) is 2.48. The lowest BCUT2D eigenvalue weighted by Crippen LogP contribution is -2.44. The summed E-state index contributed by atoms with van der Waals surface area (Å²) in [5, 5.41) is 8.22. The average molecular weight is 370 g/mol. The van der Waals surface area contributed by atoms with E-state index in [9.17, 15) is 4.39 Å². The molecule has 0 saturated carbocycles. The molecular weight excluding hydrogens is 347 g/mol. The zero-order chi connectivity index (χ0) is 18.6. The molecule has 3 aromatic rings. The summed E-state index contributed by atoms with van der Waals surface area (Å²) in [6.45, 7) is 6.35. The predicted octanol–water partition coefficient (Wildman–Crippen LogP) is 2.47. The molecular formula is C19H23FN6O. The first kappa shape index (κ1) is 17.8. The first-order chi connectivity index (χ1) is 13.2. The van der Waals surface area contributed by atoms with Crippen molar-refractivity contribution in [3.8, 4) is 11.3 Å². The molecule has 1 aliphatic rings. The lowest BCUT2D eigenvalue weighted by atomic mass is 10.1. The molecule has 0 spiro atoms. The number of rotatable bonds is 6. The van der Waals surface area contributed by atoms with Crippen LogP contribution >= 0.6 is 0 Å². The summed E-state index contributed by atoms with van der Waals surface area (Å²) in [6, 6.07) is 6.17. The van der Waals surface area contributed by atoms with Gasteiger partial charge in [0.25, 0.3) is 5.71 Å². The van der Waals surface area contributed by atoms with E-state index in [1.807, 2.05) is 0 Å². The van der Waals surface area contributed by atoms with E-state index >= 15 is 0 Å². The van der Waals surface area contributed by atoms with Gasteiger partial charge in [0, 0.05) is 38.3 Å². The quantitative estimate of drug-likeness (QED) is 0.669. The summed E-state index contributed by atoms with van der Waals surface area (Å²) in [5.41, 5.74) is 1.81.